The van der Waals surface area contributed by atoms with Crippen molar-refractivity contribution in [2.45, 2.75) is 78.2 Å². The first-order valence-electron chi connectivity index (χ1n) is 14.8. The van der Waals surface area contributed by atoms with E-state index in [2.05, 4.69) is 42.4 Å². The number of nitrogens with zero attached hydrogens (tertiary/aromatic N) is 1. The number of allylic oxidation sites excluding steroid dienone is 2. The molecule has 6 rings (SSSR count). The van der Waals surface area contributed by atoms with Gasteiger partial charge in [0.2, 0.25) is 0 Å². The number of benzene rings is 1. The minimum absolute atomic E-state index is 0.0924. The summed E-state index contributed by atoms with van der Waals surface area (Å²) in [7, 11) is 1.84. The average molecular weight is 514 g/mol. The number of hydrogen-bond acceptors (Lipinski definition) is 4. The van der Waals surface area contributed by atoms with Crippen LogP contribution in [0.15, 0.2) is 47.0 Å². The number of rotatable bonds is 6. The minimum Gasteiger partial charge on any atom is -0.357 e. The average Bonchev–Trinajstić information content (AvgIpc) is 3.48. The molecule has 1 aromatic heterocycles. The number of nitrogens with one attached hydrogen (secondary N) is 2. The zero-order chi connectivity index (χ0) is 26.7. The van der Waals surface area contributed by atoms with E-state index in [1.165, 1.54) is 25.7 Å². The van der Waals surface area contributed by atoms with E-state index < -0.39 is 0 Å². The first-order valence-corrected chi connectivity index (χ1v) is 14.8. The van der Waals surface area contributed by atoms with Crippen LogP contribution in [-0.2, 0) is 9.59 Å². The van der Waals surface area contributed by atoms with E-state index >= 15 is 0 Å². The predicted molar refractivity (Wildman–Crippen MR) is 153 cm³/mol. The molecular formula is C33H43N3O2. The zero-order valence-corrected chi connectivity index (χ0v) is 23.5. The van der Waals surface area contributed by atoms with Gasteiger partial charge in [-0.3, -0.25) is 14.6 Å². The van der Waals surface area contributed by atoms with Gasteiger partial charge in [0, 0.05) is 22.8 Å². The van der Waals surface area contributed by atoms with Crippen LogP contribution in [0.25, 0.3) is 10.9 Å². The van der Waals surface area contributed by atoms with Crippen LogP contribution in [0.3, 0.4) is 0 Å². The Bertz CT molecular complexity index is 1290. The lowest BCUT2D eigenvalue weighted by atomic mass is 9.46. The Balaban J connectivity index is 1.17. The van der Waals surface area contributed by atoms with Crippen molar-refractivity contribution >= 4 is 28.2 Å². The van der Waals surface area contributed by atoms with Crippen LogP contribution in [0.1, 0.15) is 83.9 Å². The molecule has 0 bridgehead atoms. The van der Waals surface area contributed by atoms with Gasteiger partial charge in [-0.05, 0) is 118 Å². The molecule has 3 fully saturated rings. The number of para-hydroxylation sites is 1. The van der Waals surface area contributed by atoms with Crippen LogP contribution in [0, 0.1) is 34.5 Å². The van der Waals surface area contributed by atoms with Gasteiger partial charge in [-0.15, -0.1) is 0 Å². The third kappa shape index (κ3) is 4.04. The number of ketones is 2. The van der Waals surface area contributed by atoms with Crippen LogP contribution in [0.5, 0.6) is 0 Å². The maximum atomic E-state index is 13.2. The lowest BCUT2D eigenvalue weighted by Gasteiger charge is -2.58. The van der Waals surface area contributed by atoms with Crippen molar-refractivity contribution < 1.29 is 9.59 Å². The Labute approximate surface area is 227 Å². The summed E-state index contributed by atoms with van der Waals surface area (Å²) in [5.74, 6) is 2.93. The lowest BCUT2D eigenvalue weighted by Crippen LogP contribution is -2.51. The van der Waals surface area contributed by atoms with E-state index in [-0.39, 0.29) is 35.1 Å². The normalized spacial score (nSPS) is 36.3. The maximum absolute atomic E-state index is 13.2. The summed E-state index contributed by atoms with van der Waals surface area (Å²) >= 11 is 0. The molecule has 0 amide bonds. The summed E-state index contributed by atoms with van der Waals surface area (Å²) < 4.78 is 0. The van der Waals surface area contributed by atoms with Gasteiger partial charge in [0.05, 0.1) is 6.54 Å². The highest BCUT2D eigenvalue weighted by Crippen LogP contribution is 2.66. The fourth-order valence-electron chi connectivity index (χ4n) is 9.38. The molecule has 2 aromatic rings. The van der Waals surface area contributed by atoms with Crippen molar-refractivity contribution in [2.75, 3.05) is 13.6 Å². The van der Waals surface area contributed by atoms with Crippen molar-refractivity contribution in [2.24, 2.45) is 39.5 Å². The zero-order valence-electron chi connectivity index (χ0n) is 23.5. The monoisotopic (exact) mass is 513 g/mol. The molecule has 202 valence electrons. The van der Waals surface area contributed by atoms with Gasteiger partial charge in [0.25, 0.3) is 0 Å². The second-order valence-electron chi connectivity index (χ2n) is 13.1. The molecule has 0 saturated heterocycles. The summed E-state index contributed by atoms with van der Waals surface area (Å²) in [4.78, 5) is 33.9. The Morgan fingerprint density at radius 2 is 1.89 bits per heavy atom. The van der Waals surface area contributed by atoms with Crippen molar-refractivity contribution in [1.29, 1.82) is 0 Å². The van der Waals surface area contributed by atoms with Crippen molar-refractivity contribution in [3.8, 4) is 0 Å². The molecule has 5 heteroatoms. The number of carbonyl (C=O) groups excluding carboxylic acids is 2. The third-order valence-corrected chi connectivity index (χ3v) is 11.4. The van der Waals surface area contributed by atoms with Gasteiger partial charge in [-0.1, -0.05) is 37.6 Å². The Kier molecular flexibility index (Phi) is 6.49. The number of Topliss-reactive ketones (excluding diaryl/α,β-unsaturated/α-hetero) is 2. The third-order valence-electron chi connectivity index (χ3n) is 11.4. The lowest BCUT2D eigenvalue weighted by molar-refractivity contribution is -0.127. The van der Waals surface area contributed by atoms with Crippen LogP contribution in [-0.4, -0.2) is 35.9 Å². The highest BCUT2D eigenvalue weighted by atomic mass is 16.1. The van der Waals surface area contributed by atoms with Gasteiger partial charge < -0.3 is 10.3 Å². The van der Waals surface area contributed by atoms with E-state index in [9.17, 15) is 9.59 Å². The molecule has 4 aliphatic carbocycles. The molecule has 0 spiro atoms. The summed E-state index contributed by atoms with van der Waals surface area (Å²) in [5, 5.41) is 4.31. The SMILES string of the molecule is CNC(C(=O)CN=C1C=C2CCC3C(CCC4(C)C(C(C)=O)CCC34)C2(C)CC1)c1cc2ccccc2[nH]1. The standard InChI is InChI=1S/C33H43N3O2/c1-20(37)25-11-12-26-24-10-9-22-18-23(13-15-32(22,2)27(24)14-16-33(25,26)3)35-19-30(38)31(34-4)29-17-21-7-5-6-8-28(21)36-29/h5-8,17-18,24-27,31,34,36H,9-16,19H2,1-4H3. The number of aromatic nitrogens is 1. The largest absolute Gasteiger partial charge is 0.357 e. The molecular weight excluding hydrogens is 470 g/mol. The molecule has 3 saturated carbocycles. The highest BCUT2D eigenvalue weighted by Gasteiger charge is 2.59. The smallest absolute Gasteiger partial charge is 0.177 e. The molecule has 7 unspecified atom stereocenters. The predicted octanol–water partition coefficient (Wildman–Crippen LogP) is 6.61. The van der Waals surface area contributed by atoms with Crippen LogP contribution < -0.4 is 5.32 Å². The molecule has 1 aromatic carbocycles. The molecule has 0 radical (unpaired) electrons. The molecule has 0 aliphatic heterocycles. The van der Waals surface area contributed by atoms with E-state index in [1.807, 2.05) is 32.2 Å². The molecule has 1 heterocycles. The second kappa shape index (κ2) is 9.59. The van der Waals surface area contributed by atoms with Crippen LogP contribution >= 0.6 is 0 Å². The Morgan fingerprint density at radius 3 is 2.66 bits per heavy atom. The molecule has 38 heavy (non-hydrogen) atoms. The Hall–Kier alpha value is -2.53. The number of fused-ring (bicyclic) bond motifs is 6. The molecule has 4 aliphatic rings. The Morgan fingerprint density at radius 1 is 1.08 bits per heavy atom. The summed E-state index contributed by atoms with van der Waals surface area (Å²) in [6.07, 6.45) is 11.6. The quantitative estimate of drug-likeness (QED) is 0.457. The number of hydrogen-bond donors (Lipinski definition) is 2. The van der Waals surface area contributed by atoms with Crippen molar-refractivity contribution in [3.63, 3.8) is 0 Å². The van der Waals surface area contributed by atoms with Gasteiger partial charge in [-0.25, -0.2) is 0 Å². The number of likely N-dealkylation sites (N-methyl/N-ethyl adjacent to an activating group) is 1. The summed E-state index contributed by atoms with van der Waals surface area (Å²) in [6.45, 7) is 6.96. The van der Waals surface area contributed by atoms with Crippen LogP contribution in [0.2, 0.25) is 0 Å². The van der Waals surface area contributed by atoms with Gasteiger partial charge in [-0.2, -0.15) is 0 Å². The fourth-order valence-corrected chi connectivity index (χ4v) is 9.38. The molecule has 5 nitrogen and oxygen atoms in total. The van der Waals surface area contributed by atoms with E-state index in [4.69, 9.17) is 4.99 Å². The van der Waals surface area contributed by atoms with E-state index in [0.29, 0.717) is 17.6 Å². The van der Waals surface area contributed by atoms with Crippen molar-refractivity contribution in [3.05, 3.63) is 47.7 Å². The van der Waals surface area contributed by atoms with Gasteiger partial charge >= 0.3 is 0 Å². The molecule has 2 N–H and O–H groups in total. The van der Waals surface area contributed by atoms with Gasteiger partial charge in [0.15, 0.2) is 5.78 Å². The molecule has 7 atom stereocenters. The van der Waals surface area contributed by atoms with E-state index in [0.717, 1.165) is 53.9 Å². The number of H-pyrrole nitrogens is 1. The summed E-state index contributed by atoms with van der Waals surface area (Å²) in [5.41, 5.74) is 5.04. The first kappa shape index (κ1) is 25.7. The van der Waals surface area contributed by atoms with Crippen molar-refractivity contribution in [1.82, 2.24) is 10.3 Å². The van der Waals surface area contributed by atoms with Crippen LogP contribution in [0.4, 0.5) is 0 Å². The number of aromatic amines is 1. The second-order valence-corrected chi connectivity index (χ2v) is 13.1. The highest BCUT2D eigenvalue weighted by molar-refractivity contribution is 5.99. The topological polar surface area (TPSA) is 74.3 Å². The number of carbonyl (C=O) groups is 2. The fraction of sp³-hybridized carbons (Fsp3) is 0.606. The maximum Gasteiger partial charge on any atom is 0.177 e. The van der Waals surface area contributed by atoms with E-state index in [1.54, 1.807) is 5.57 Å². The van der Waals surface area contributed by atoms with Gasteiger partial charge in [0.1, 0.15) is 11.8 Å². The first-order chi connectivity index (χ1) is 18.2. The number of aliphatic imine (C=N–C) groups is 1. The summed E-state index contributed by atoms with van der Waals surface area (Å²) in [6, 6.07) is 9.80. The minimum atomic E-state index is -0.384.